The number of aromatic nitrogens is 4. The molecule has 0 aliphatic carbocycles. The third-order valence-corrected chi connectivity index (χ3v) is 4.46. The highest BCUT2D eigenvalue weighted by Crippen LogP contribution is 2.35. The number of hydrogen-bond acceptors (Lipinski definition) is 6. The van der Waals surface area contributed by atoms with E-state index in [-0.39, 0.29) is 5.82 Å². The molecule has 4 rings (SSSR count). The maximum Gasteiger partial charge on any atom is 0.160 e. The van der Waals surface area contributed by atoms with Crippen LogP contribution in [0.1, 0.15) is 17.2 Å². The van der Waals surface area contributed by atoms with Crippen LogP contribution in [0.4, 0.5) is 10.2 Å². The lowest BCUT2D eigenvalue weighted by Crippen LogP contribution is -2.15. The van der Waals surface area contributed by atoms with Crippen molar-refractivity contribution in [2.75, 3.05) is 19.5 Å². The summed E-state index contributed by atoms with van der Waals surface area (Å²) in [6, 6.07) is 11.5. The van der Waals surface area contributed by atoms with Crippen LogP contribution in [0.3, 0.4) is 0 Å². The van der Waals surface area contributed by atoms with Crippen LogP contribution >= 0.6 is 0 Å². The summed E-state index contributed by atoms with van der Waals surface area (Å²) in [5.74, 6) is 1.45. The van der Waals surface area contributed by atoms with Gasteiger partial charge in [-0.05, 0) is 35.9 Å². The normalized spacial score (nSPS) is 12.0. The van der Waals surface area contributed by atoms with Gasteiger partial charge in [0.05, 0.1) is 31.8 Å². The molecule has 8 heteroatoms. The summed E-state index contributed by atoms with van der Waals surface area (Å²) in [5.41, 5.74) is 2.10. The summed E-state index contributed by atoms with van der Waals surface area (Å²) < 4.78 is 24.9. The van der Waals surface area contributed by atoms with Crippen molar-refractivity contribution in [3.8, 4) is 11.5 Å². The zero-order chi connectivity index (χ0) is 19.5. The molecule has 142 valence electrons. The van der Waals surface area contributed by atoms with E-state index in [0.717, 1.165) is 10.9 Å². The van der Waals surface area contributed by atoms with Crippen LogP contribution in [0, 0.1) is 5.82 Å². The fourth-order valence-corrected chi connectivity index (χ4v) is 3.11. The van der Waals surface area contributed by atoms with Crippen molar-refractivity contribution >= 4 is 16.9 Å². The van der Waals surface area contributed by atoms with Crippen molar-refractivity contribution in [2.45, 2.75) is 6.04 Å². The molecule has 0 radical (unpaired) electrons. The Morgan fingerprint density at radius 1 is 1.07 bits per heavy atom. The number of H-pyrrole nitrogens is 1. The van der Waals surface area contributed by atoms with Gasteiger partial charge in [-0.1, -0.05) is 12.1 Å². The smallest absolute Gasteiger partial charge is 0.160 e. The van der Waals surface area contributed by atoms with Crippen molar-refractivity contribution in [3.63, 3.8) is 0 Å². The number of fused-ring (bicyclic) bond motifs is 1. The molecule has 28 heavy (non-hydrogen) atoms. The van der Waals surface area contributed by atoms with Crippen molar-refractivity contribution < 1.29 is 13.9 Å². The summed E-state index contributed by atoms with van der Waals surface area (Å²) in [6.45, 7) is 0. The minimum atomic E-state index is -0.450. The number of hydrogen-bond donors (Lipinski definition) is 2. The number of nitrogens with zero attached hydrogens (tertiary/aromatic N) is 3. The highest BCUT2D eigenvalue weighted by Gasteiger charge is 2.21. The maximum atomic E-state index is 14.1. The number of methoxy groups -OCH3 is 2. The van der Waals surface area contributed by atoms with Crippen molar-refractivity contribution in [3.05, 3.63) is 71.9 Å². The topological polar surface area (TPSA) is 85.0 Å². The molecule has 4 aromatic rings. The third-order valence-electron chi connectivity index (χ3n) is 4.46. The fraction of sp³-hybridized carbons (Fsp3) is 0.150. The highest BCUT2D eigenvalue weighted by atomic mass is 19.1. The fourth-order valence-electron chi connectivity index (χ4n) is 3.11. The molecule has 0 saturated carbocycles. The number of rotatable bonds is 6. The van der Waals surface area contributed by atoms with Gasteiger partial charge in [-0.15, -0.1) is 0 Å². The second kappa shape index (κ2) is 7.51. The SMILES string of the molecule is COc1cccc(C(Nc2ncnc3[nH]ncc23)c2cc(F)ccc2OC)c1. The zero-order valence-electron chi connectivity index (χ0n) is 15.3. The van der Waals surface area contributed by atoms with Crippen LogP contribution in [0.5, 0.6) is 11.5 Å². The average molecular weight is 379 g/mol. The second-order valence-electron chi connectivity index (χ2n) is 6.09. The van der Waals surface area contributed by atoms with E-state index in [0.29, 0.717) is 28.5 Å². The molecule has 0 aliphatic rings. The average Bonchev–Trinajstić information content (AvgIpc) is 3.21. The zero-order valence-corrected chi connectivity index (χ0v) is 15.3. The van der Waals surface area contributed by atoms with Gasteiger partial charge in [0.25, 0.3) is 0 Å². The number of ether oxygens (including phenoxy) is 2. The van der Waals surface area contributed by atoms with Crippen LogP contribution in [0.25, 0.3) is 11.0 Å². The van der Waals surface area contributed by atoms with Gasteiger partial charge in [0.2, 0.25) is 0 Å². The molecule has 2 N–H and O–H groups in total. The lowest BCUT2D eigenvalue weighted by molar-refractivity contribution is 0.406. The quantitative estimate of drug-likeness (QED) is 0.531. The molecular weight excluding hydrogens is 361 g/mol. The van der Waals surface area contributed by atoms with Gasteiger partial charge in [0, 0.05) is 5.56 Å². The number of anilines is 1. The van der Waals surface area contributed by atoms with E-state index in [2.05, 4.69) is 25.5 Å². The Morgan fingerprint density at radius 3 is 2.79 bits per heavy atom. The van der Waals surface area contributed by atoms with Gasteiger partial charge in [-0.3, -0.25) is 5.10 Å². The Balaban J connectivity index is 1.86. The van der Waals surface area contributed by atoms with E-state index in [1.807, 2.05) is 24.3 Å². The van der Waals surface area contributed by atoms with E-state index in [1.165, 1.54) is 18.5 Å². The summed E-state index contributed by atoms with van der Waals surface area (Å²) in [7, 11) is 3.15. The maximum absolute atomic E-state index is 14.1. The lowest BCUT2D eigenvalue weighted by Gasteiger charge is -2.23. The first-order valence-electron chi connectivity index (χ1n) is 8.57. The molecule has 2 heterocycles. The van der Waals surface area contributed by atoms with Crippen LogP contribution in [0.15, 0.2) is 55.0 Å². The predicted octanol–water partition coefficient (Wildman–Crippen LogP) is 3.71. The highest BCUT2D eigenvalue weighted by molar-refractivity contribution is 5.85. The van der Waals surface area contributed by atoms with Gasteiger partial charge >= 0.3 is 0 Å². The lowest BCUT2D eigenvalue weighted by atomic mass is 9.97. The largest absolute Gasteiger partial charge is 0.497 e. The molecule has 7 nitrogen and oxygen atoms in total. The monoisotopic (exact) mass is 379 g/mol. The number of benzene rings is 2. The molecule has 0 spiro atoms. The van der Waals surface area contributed by atoms with E-state index in [4.69, 9.17) is 9.47 Å². The van der Waals surface area contributed by atoms with Crippen molar-refractivity contribution in [1.29, 1.82) is 0 Å². The molecule has 0 aliphatic heterocycles. The van der Waals surface area contributed by atoms with Crippen LogP contribution in [-0.4, -0.2) is 34.4 Å². The first kappa shape index (κ1) is 17.7. The van der Waals surface area contributed by atoms with Crippen molar-refractivity contribution in [2.24, 2.45) is 0 Å². The summed E-state index contributed by atoms with van der Waals surface area (Å²) >= 11 is 0. The predicted molar refractivity (Wildman–Crippen MR) is 103 cm³/mol. The standard InChI is InChI=1S/C20H18FN5O2/c1-27-14-5-3-4-12(8-14)18(15-9-13(21)6-7-17(15)28-2)25-19-16-10-24-26-20(16)23-11-22-19/h3-11,18H,1-2H3,(H2,22,23,24,25,26). The third kappa shape index (κ3) is 3.32. The Bertz CT molecular complexity index is 1110. The summed E-state index contributed by atoms with van der Waals surface area (Å²) in [4.78, 5) is 8.50. The number of halogens is 1. The van der Waals surface area contributed by atoms with Gasteiger partial charge in [-0.25, -0.2) is 14.4 Å². The van der Waals surface area contributed by atoms with E-state index >= 15 is 0 Å². The Morgan fingerprint density at radius 2 is 1.96 bits per heavy atom. The van der Waals surface area contributed by atoms with Gasteiger partial charge < -0.3 is 14.8 Å². The molecular formula is C20H18FN5O2. The van der Waals surface area contributed by atoms with Gasteiger partial charge in [-0.2, -0.15) is 5.10 Å². The van der Waals surface area contributed by atoms with E-state index in [9.17, 15) is 4.39 Å². The molecule has 0 bridgehead atoms. The molecule has 0 fully saturated rings. The molecule has 0 saturated heterocycles. The number of nitrogens with one attached hydrogen (secondary N) is 2. The molecule has 0 amide bonds. The first-order chi connectivity index (χ1) is 13.7. The molecule has 2 aromatic carbocycles. The number of aromatic amines is 1. The Hall–Kier alpha value is -3.68. The van der Waals surface area contributed by atoms with Crippen LogP contribution in [0.2, 0.25) is 0 Å². The first-order valence-corrected chi connectivity index (χ1v) is 8.57. The van der Waals surface area contributed by atoms with Crippen LogP contribution < -0.4 is 14.8 Å². The van der Waals surface area contributed by atoms with Crippen molar-refractivity contribution in [1.82, 2.24) is 20.2 Å². The summed E-state index contributed by atoms with van der Waals surface area (Å²) in [6.07, 6.45) is 3.08. The Labute approximate surface area is 160 Å². The van der Waals surface area contributed by atoms with Gasteiger partial charge in [0.15, 0.2) is 5.65 Å². The second-order valence-corrected chi connectivity index (χ2v) is 6.09. The molecule has 1 atom stereocenters. The van der Waals surface area contributed by atoms with E-state index in [1.54, 1.807) is 26.5 Å². The minimum Gasteiger partial charge on any atom is -0.497 e. The molecule has 1 unspecified atom stereocenters. The molecule has 2 aromatic heterocycles. The Kier molecular flexibility index (Phi) is 4.76. The van der Waals surface area contributed by atoms with E-state index < -0.39 is 6.04 Å². The van der Waals surface area contributed by atoms with Gasteiger partial charge in [0.1, 0.15) is 29.5 Å². The summed E-state index contributed by atoms with van der Waals surface area (Å²) in [5, 5.41) is 10.9. The van der Waals surface area contributed by atoms with Crippen LogP contribution in [-0.2, 0) is 0 Å². The minimum absolute atomic E-state index is 0.360.